The maximum atomic E-state index is 12.5. The van der Waals surface area contributed by atoms with Gasteiger partial charge in [-0.25, -0.2) is 13.8 Å². The zero-order valence-electron chi connectivity index (χ0n) is 9.89. The van der Waals surface area contributed by atoms with E-state index in [-0.39, 0.29) is 23.3 Å². The standard InChI is InChI=1S/C9H11ClF2N4O3/c1-5-7(16(18)19)8(14-9(10)13-5)15(2-3-17)4-6(11)12/h6,17H,2-4H2,1H3. The molecule has 0 spiro atoms. The molecule has 0 aromatic carbocycles. The van der Waals surface area contributed by atoms with Crippen molar-refractivity contribution in [2.75, 3.05) is 24.6 Å². The van der Waals surface area contributed by atoms with Crippen molar-refractivity contribution in [2.45, 2.75) is 13.3 Å². The van der Waals surface area contributed by atoms with E-state index >= 15 is 0 Å². The second kappa shape index (κ2) is 6.53. The van der Waals surface area contributed by atoms with Crippen LogP contribution >= 0.6 is 11.6 Å². The Morgan fingerprint density at radius 3 is 2.63 bits per heavy atom. The van der Waals surface area contributed by atoms with Crippen LogP contribution in [0.4, 0.5) is 20.3 Å². The van der Waals surface area contributed by atoms with Gasteiger partial charge in [0.1, 0.15) is 5.69 Å². The zero-order valence-corrected chi connectivity index (χ0v) is 10.6. The van der Waals surface area contributed by atoms with Gasteiger partial charge < -0.3 is 10.0 Å². The minimum Gasteiger partial charge on any atom is -0.395 e. The summed E-state index contributed by atoms with van der Waals surface area (Å²) >= 11 is 5.59. The molecule has 0 bridgehead atoms. The number of aromatic nitrogens is 2. The third kappa shape index (κ3) is 3.93. The molecule has 0 amide bonds. The van der Waals surface area contributed by atoms with Crippen molar-refractivity contribution >= 4 is 23.1 Å². The van der Waals surface area contributed by atoms with E-state index in [1.54, 1.807) is 0 Å². The molecule has 1 aromatic heterocycles. The molecular formula is C9H11ClF2N4O3. The molecule has 1 heterocycles. The van der Waals surface area contributed by atoms with Crippen molar-refractivity contribution in [2.24, 2.45) is 0 Å². The van der Waals surface area contributed by atoms with Gasteiger partial charge in [-0.15, -0.1) is 0 Å². The smallest absolute Gasteiger partial charge is 0.332 e. The molecule has 106 valence electrons. The van der Waals surface area contributed by atoms with Crippen LogP contribution in [-0.4, -0.2) is 46.1 Å². The SMILES string of the molecule is Cc1nc(Cl)nc(N(CCO)CC(F)F)c1[N+](=O)[O-]. The summed E-state index contributed by atoms with van der Waals surface area (Å²) in [5.41, 5.74) is -0.532. The molecule has 1 rings (SSSR count). The fourth-order valence-corrected chi connectivity index (χ4v) is 1.73. The van der Waals surface area contributed by atoms with Gasteiger partial charge in [-0.1, -0.05) is 0 Å². The molecule has 7 nitrogen and oxygen atoms in total. The van der Waals surface area contributed by atoms with Crippen molar-refractivity contribution in [1.82, 2.24) is 9.97 Å². The van der Waals surface area contributed by atoms with Gasteiger partial charge in [0.15, 0.2) is 0 Å². The van der Waals surface area contributed by atoms with Crippen LogP contribution in [0.5, 0.6) is 0 Å². The minimum absolute atomic E-state index is 0.0304. The van der Waals surface area contributed by atoms with Crippen LogP contribution in [0.2, 0.25) is 5.28 Å². The van der Waals surface area contributed by atoms with E-state index in [1.807, 2.05) is 0 Å². The molecule has 0 saturated heterocycles. The molecular weight excluding hydrogens is 286 g/mol. The van der Waals surface area contributed by atoms with Gasteiger partial charge in [0.2, 0.25) is 11.1 Å². The Morgan fingerprint density at radius 1 is 1.53 bits per heavy atom. The van der Waals surface area contributed by atoms with Gasteiger partial charge in [-0.2, -0.15) is 4.98 Å². The molecule has 1 N–H and O–H groups in total. The summed E-state index contributed by atoms with van der Waals surface area (Å²) < 4.78 is 24.9. The van der Waals surface area contributed by atoms with Crippen LogP contribution in [0.25, 0.3) is 0 Å². The highest BCUT2D eigenvalue weighted by Gasteiger charge is 2.27. The number of nitrogens with zero attached hydrogens (tertiary/aromatic N) is 4. The molecule has 0 atom stereocenters. The first-order chi connectivity index (χ1) is 8.86. The van der Waals surface area contributed by atoms with Gasteiger partial charge in [0.05, 0.1) is 18.1 Å². The van der Waals surface area contributed by atoms with E-state index in [1.165, 1.54) is 6.92 Å². The molecule has 19 heavy (non-hydrogen) atoms. The van der Waals surface area contributed by atoms with Crippen molar-refractivity contribution in [1.29, 1.82) is 0 Å². The maximum Gasteiger partial charge on any atom is 0.332 e. The Labute approximate surface area is 112 Å². The summed E-state index contributed by atoms with van der Waals surface area (Å²) in [5.74, 6) is -0.322. The number of aryl methyl sites for hydroxylation is 1. The van der Waals surface area contributed by atoms with Crippen LogP contribution in [0, 0.1) is 17.0 Å². The van der Waals surface area contributed by atoms with Gasteiger partial charge >= 0.3 is 5.69 Å². The number of anilines is 1. The van der Waals surface area contributed by atoms with Crippen LogP contribution < -0.4 is 4.90 Å². The average Bonchev–Trinajstić information content (AvgIpc) is 2.25. The monoisotopic (exact) mass is 296 g/mol. The van der Waals surface area contributed by atoms with Crippen LogP contribution in [0.3, 0.4) is 0 Å². The van der Waals surface area contributed by atoms with E-state index in [2.05, 4.69) is 9.97 Å². The topological polar surface area (TPSA) is 92.4 Å². The zero-order chi connectivity index (χ0) is 14.6. The fraction of sp³-hybridized carbons (Fsp3) is 0.556. The molecule has 0 aliphatic heterocycles. The predicted molar refractivity (Wildman–Crippen MR) is 63.7 cm³/mol. The first kappa shape index (κ1) is 15.4. The van der Waals surface area contributed by atoms with E-state index in [0.29, 0.717) is 0 Å². The lowest BCUT2D eigenvalue weighted by atomic mass is 10.3. The quantitative estimate of drug-likeness (QED) is 0.485. The van der Waals surface area contributed by atoms with Crippen LogP contribution in [-0.2, 0) is 0 Å². The highest BCUT2D eigenvalue weighted by molar-refractivity contribution is 6.28. The summed E-state index contributed by atoms with van der Waals surface area (Å²) in [4.78, 5) is 18.3. The number of aliphatic hydroxyl groups excluding tert-OH is 1. The summed E-state index contributed by atoms with van der Waals surface area (Å²) in [6.45, 7) is -0.147. The van der Waals surface area contributed by atoms with Gasteiger partial charge in [-0.3, -0.25) is 10.1 Å². The number of rotatable bonds is 6. The fourth-order valence-electron chi connectivity index (χ4n) is 1.52. The lowest BCUT2D eigenvalue weighted by Crippen LogP contribution is -2.33. The lowest BCUT2D eigenvalue weighted by molar-refractivity contribution is -0.385. The Bertz CT molecular complexity index is 475. The summed E-state index contributed by atoms with van der Waals surface area (Å²) in [6, 6.07) is 0. The largest absolute Gasteiger partial charge is 0.395 e. The average molecular weight is 297 g/mol. The number of hydrogen-bond donors (Lipinski definition) is 1. The highest BCUT2D eigenvalue weighted by Crippen LogP contribution is 2.30. The van der Waals surface area contributed by atoms with Gasteiger partial charge in [0.25, 0.3) is 6.43 Å². The molecule has 0 unspecified atom stereocenters. The Hall–Kier alpha value is -1.61. The minimum atomic E-state index is -2.74. The maximum absolute atomic E-state index is 12.5. The summed E-state index contributed by atoms with van der Waals surface area (Å²) in [5, 5.41) is 19.5. The molecule has 0 radical (unpaired) electrons. The van der Waals surface area contributed by atoms with E-state index in [9.17, 15) is 18.9 Å². The second-order valence-electron chi connectivity index (χ2n) is 3.57. The molecule has 0 fully saturated rings. The first-order valence-electron chi connectivity index (χ1n) is 5.19. The number of hydrogen-bond acceptors (Lipinski definition) is 6. The Balaban J connectivity index is 3.30. The Kier molecular flexibility index (Phi) is 5.31. The number of halogens is 3. The van der Waals surface area contributed by atoms with Crippen molar-refractivity contribution < 1.29 is 18.8 Å². The lowest BCUT2D eigenvalue weighted by Gasteiger charge is -2.22. The van der Waals surface area contributed by atoms with Crippen molar-refractivity contribution in [3.63, 3.8) is 0 Å². The van der Waals surface area contributed by atoms with E-state index in [4.69, 9.17) is 16.7 Å². The van der Waals surface area contributed by atoms with Crippen LogP contribution in [0.15, 0.2) is 0 Å². The summed E-state index contributed by atoms with van der Waals surface area (Å²) in [6.07, 6.45) is -2.74. The van der Waals surface area contributed by atoms with Crippen molar-refractivity contribution in [3.05, 3.63) is 21.1 Å². The third-order valence-electron chi connectivity index (χ3n) is 2.22. The summed E-state index contributed by atoms with van der Waals surface area (Å²) in [7, 11) is 0. The second-order valence-corrected chi connectivity index (χ2v) is 3.91. The predicted octanol–water partition coefficient (Wildman–Crippen LogP) is 1.41. The molecule has 0 aliphatic carbocycles. The van der Waals surface area contributed by atoms with Crippen LogP contribution in [0.1, 0.15) is 5.69 Å². The third-order valence-corrected chi connectivity index (χ3v) is 2.39. The van der Waals surface area contributed by atoms with Crippen molar-refractivity contribution in [3.8, 4) is 0 Å². The number of alkyl halides is 2. The highest BCUT2D eigenvalue weighted by atomic mass is 35.5. The molecule has 10 heteroatoms. The van der Waals surface area contributed by atoms with E-state index < -0.39 is 30.2 Å². The molecule has 1 aromatic rings. The number of aliphatic hydroxyl groups is 1. The number of nitro groups is 1. The van der Waals surface area contributed by atoms with Gasteiger partial charge in [0, 0.05) is 6.54 Å². The molecule has 0 aliphatic rings. The molecule has 0 saturated carbocycles. The normalized spacial score (nSPS) is 10.8. The first-order valence-corrected chi connectivity index (χ1v) is 5.57. The van der Waals surface area contributed by atoms with Gasteiger partial charge in [-0.05, 0) is 18.5 Å². The Morgan fingerprint density at radius 2 is 2.16 bits per heavy atom. The van der Waals surface area contributed by atoms with E-state index in [0.717, 1.165) is 4.90 Å².